The molecule has 0 radical (unpaired) electrons. The Balaban J connectivity index is 1.39. The Labute approximate surface area is 232 Å². The molecule has 0 spiro atoms. The van der Waals surface area contributed by atoms with Crippen LogP contribution < -0.4 is 4.74 Å². The summed E-state index contributed by atoms with van der Waals surface area (Å²) in [5.41, 5.74) is 4.85. The first-order valence-corrected chi connectivity index (χ1v) is 13.0. The van der Waals surface area contributed by atoms with Crippen LogP contribution in [0.25, 0.3) is 16.9 Å². The van der Waals surface area contributed by atoms with Crippen molar-refractivity contribution in [3.63, 3.8) is 0 Å². The fraction of sp³-hybridized carbons (Fsp3) is 0.226. The molecule has 1 saturated heterocycles. The van der Waals surface area contributed by atoms with Crippen molar-refractivity contribution in [1.29, 1.82) is 0 Å². The van der Waals surface area contributed by atoms with E-state index in [0.717, 1.165) is 28.4 Å². The van der Waals surface area contributed by atoms with Crippen LogP contribution in [0.5, 0.6) is 5.75 Å². The normalized spacial score (nSPS) is 13.3. The molecule has 9 heteroatoms. The van der Waals surface area contributed by atoms with Gasteiger partial charge in [-0.3, -0.25) is 19.7 Å². The number of carbonyl (C=O) groups excluding carboxylic acids is 2. The Bertz CT molecular complexity index is 1590. The van der Waals surface area contributed by atoms with Crippen molar-refractivity contribution < 1.29 is 19.2 Å². The van der Waals surface area contributed by atoms with Crippen molar-refractivity contribution >= 4 is 17.5 Å². The lowest BCUT2D eigenvalue weighted by Gasteiger charge is -2.34. The Kier molecular flexibility index (Phi) is 7.37. The van der Waals surface area contributed by atoms with Crippen LogP contribution in [0, 0.1) is 24.0 Å². The summed E-state index contributed by atoms with van der Waals surface area (Å²) >= 11 is 0. The number of piperazine rings is 1. The third-order valence-electron chi connectivity index (χ3n) is 7.36. The summed E-state index contributed by atoms with van der Waals surface area (Å²) in [7, 11) is 1.63. The molecule has 0 bridgehead atoms. The van der Waals surface area contributed by atoms with Crippen molar-refractivity contribution in [2.24, 2.45) is 0 Å². The van der Waals surface area contributed by atoms with Gasteiger partial charge in [-0.2, -0.15) is 0 Å². The Morgan fingerprint density at radius 1 is 0.825 bits per heavy atom. The second-order valence-electron chi connectivity index (χ2n) is 9.77. The van der Waals surface area contributed by atoms with E-state index in [0.29, 0.717) is 37.3 Å². The van der Waals surface area contributed by atoms with E-state index in [1.165, 1.54) is 6.07 Å². The van der Waals surface area contributed by atoms with Crippen LogP contribution in [0.2, 0.25) is 0 Å². The van der Waals surface area contributed by atoms with E-state index in [4.69, 9.17) is 4.74 Å². The Morgan fingerprint density at radius 3 is 2.15 bits per heavy atom. The van der Waals surface area contributed by atoms with Gasteiger partial charge >= 0.3 is 0 Å². The number of aromatic nitrogens is 1. The number of para-hydroxylation sites is 1. The smallest absolute Gasteiger partial charge is 0.273 e. The van der Waals surface area contributed by atoms with Gasteiger partial charge in [0.05, 0.1) is 23.3 Å². The molecule has 1 aliphatic rings. The molecule has 9 nitrogen and oxygen atoms in total. The van der Waals surface area contributed by atoms with E-state index in [1.54, 1.807) is 36.0 Å². The quantitative estimate of drug-likeness (QED) is 0.246. The van der Waals surface area contributed by atoms with Crippen LogP contribution in [-0.2, 0) is 0 Å². The highest BCUT2D eigenvalue weighted by Crippen LogP contribution is 2.32. The largest absolute Gasteiger partial charge is 0.497 e. The van der Waals surface area contributed by atoms with Crippen LogP contribution in [0.1, 0.15) is 32.0 Å². The maximum atomic E-state index is 13.8. The van der Waals surface area contributed by atoms with E-state index >= 15 is 0 Å². The summed E-state index contributed by atoms with van der Waals surface area (Å²) in [6.45, 7) is 4.99. The number of hydrogen-bond donors (Lipinski definition) is 0. The lowest BCUT2D eigenvalue weighted by atomic mass is 10.1. The van der Waals surface area contributed by atoms with Gasteiger partial charge in [-0.25, -0.2) is 0 Å². The molecule has 1 fully saturated rings. The molecule has 0 saturated carbocycles. The average molecular weight is 539 g/mol. The van der Waals surface area contributed by atoms with Gasteiger partial charge in [-0.05, 0) is 50.2 Å². The third-order valence-corrected chi connectivity index (χ3v) is 7.36. The first kappa shape index (κ1) is 26.7. The van der Waals surface area contributed by atoms with Crippen LogP contribution >= 0.6 is 0 Å². The number of nitro groups is 1. The molecule has 40 heavy (non-hydrogen) atoms. The second-order valence-corrected chi connectivity index (χ2v) is 9.77. The zero-order valence-electron chi connectivity index (χ0n) is 22.7. The van der Waals surface area contributed by atoms with Crippen molar-refractivity contribution in [1.82, 2.24) is 14.4 Å². The number of hydrogen-bond acceptors (Lipinski definition) is 5. The van der Waals surface area contributed by atoms with Crippen LogP contribution in [-0.4, -0.2) is 64.4 Å². The molecule has 0 unspecified atom stereocenters. The third kappa shape index (κ3) is 5.05. The number of ether oxygens (including phenoxy) is 1. The molecule has 2 heterocycles. The first-order valence-electron chi connectivity index (χ1n) is 13.0. The number of nitrogens with zero attached hydrogens (tertiary/aromatic N) is 4. The minimum Gasteiger partial charge on any atom is -0.497 e. The molecule has 0 atom stereocenters. The summed E-state index contributed by atoms with van der Waals surface area (Å²) in [6, 6.07) is 24.1. The number of nitro benzene ring substituents is 1. The zero-order chi connectivity index (χ0) is 28.4. The number of carbonyl (C=O) groups is 2. The van der Waals surface area contributed by atoms with Gasteiger partial charge in [0.1, 0.15) is 5.75 Å². The lowest BCUT2D eigenvalue weighted by Crippen LogP contribution is -2.50. The number of amides is 2. The predicted molar refractivity (Wildman–Crippen MR) is 152 cm³/mol. The summed E-state index contributed by atoms with van der Waals surface area (Å²) in [4.78, 5) is 41.1. The van der Waals surface area contributed by atoms with E-state index in [1.807, 2.05) is 67.6 Å². The molecular formula is C31H30N4O5. The second kappa shape index (κ2) is 11.1. The molecule has 0 aliphatic carbocycles. The van der Waals surface area contributed by atoms with Crippen molar-refractivity contribution in [3.05, 3.63) is 111 Å². The average Bonchev–Trinajstić information content (AvgIpc) is 3.34. The van der Waals surface area contributed by atoms with Crippen LogP contribution in [0.4, 0.5) is 5.69 Å². The summed E-state index contributed by atoms with van der Waals surface area (Å²) < 4.78 is 7.51. The summed E-state index contributed by atoms with van der Waals surface area (Å²) in [6.07, 6.45) is 0. The Morgan fingerprint density at radius 2 is 1.50 bits per heavy atom. The fourth-order valence-electron chi connectivity index (χ4n) is 5.13. The SMILES string of the molecule is COc1cccc(-c2cc(C(=O)N3CCN(C(=O)c4ccc(C)c([N+](=O)[O-])c4)CC3)c(C)n2-c2ccccc2)c1. The zero-order valence-corrected chi connectivity index (χ0v) is 22.7. The highest BCUT2D eigenvalue weighted by Gasteiger charge is 2.29. The maximum Gasteiger partial charge on any atom is 0.273 e. The van der Waals surface area contributed by atoms with Gasteiger partial charge in [0.15, 0.2) is 0 Å². The van der Waals surface area contributed by atoms with Crippen LogP contribution in [0.15, 0.2) is 78.9 Å². The number of methoxy groups -OCH3 is 1. The molecule has 5 rings (SSSR count). The predicted octanol–water partition coefficient (Wildman–Crippen LogP) is 5.28. The summed E-state index contributed by atoms with van der Waals surface area (Å²) in [5, 5.41) is 11.3. The monoisotopic (exact) mass is 538 g/mol. The standard InChI is InChI=1S/C31H30N4O5/c1-21-12-13-24(19-28(21)35(38)39)30(36)32-14-16-33(17-15-32)31(37)27-20-29(23-8-7-11-26(18-23)40-3)34(22(27)2)25-9-5-4-6-10-25/h4-13,18-20H,14-17H2,1-3H3. The molecule has 1 aromatic heterocycles. The van der Waals surface area contributed by atoms with E-state index in [9.17, 15) is 19.7 Å². The highest BCUT2D eigenvalue weighted by atomic mass is 16.6. The van der Waals surface area contributed by atoms with E-state index in [2.05, 4.69) is 4.57 Å². The topological polar surface area (TPSA) is 97.9 Å². The minimum atomic E-state index is -0.480. The van der Waals surface area contributed by atoms with Gasteiger partial charge in [-0.1, -0.05) is 36.4 Å². The molecule has 2 amide bonds. The van der Waals surface area contributed by atoms with Gasteiger partial charge < -0.3 is 19.1 Å². The molecule has 204 valence electrons. The van der Waals surface area contributed by atoms with Crippen LogP contribution in [0.3, 0.4) is 0 Å². The van der Waals surface area contributed by atoms with Gasteiger partial charge in [0.2, 0.25) is 0 Å². The maximum absolute atomic E-state index is 13.8. The summed E-state index contributed by atoms with van der Waals surface area (Å²) in [5.74, 6) is 0.347. The fourth-order valence-corrected chi connectivity index (χ4v) is 5.13. The molecule has 1 aliphatic heterocycles. The first-order chi connectivity index (χ1) is 19.3. The van der Waals surface area contributed by atoms with Crippen molar-refractivity contribution in [3.8, 4) is 22.7 Å². The van der Waals surface area contributed by atoms with E-state index < -0.39 is 4.92 Å². The lowest BCUT2D eigenvalue weighted by molar-refractivity contribution is -0.385. The number of rotatable bonds is 6. The number of benzene rings is 3. The number of aryl methyl sites for hydroxylation is 1. The molecule has 3 aromatic carbocycles. The van der Waals surface area contributed by atoms with E-state index in [-0.39, 0.29) is 23.1 Å². The molecule has 0 N–H and O–H groups in total. The highest BCUT2D eigenvalue weighted by molar-refractivity contribution is 5.98. The molecule has 4 aromatic rings. The van der Waals surface area contributed by atoms with Gasteiger partial charge in [-0.15, -0.1) is 0 Å². The van der Waals surface area contributed by atoms with Crippen molar-refractivity contribution in [2.45, 2.75) is 13.8 Å². The molecular weight excluding hydrogens is 508 g/mol. The Hall–Kier alpha value is -4.92. The van der Waals surface area contributed by atoms with Gasteiger partial charge in [0.25, 0.3) is 17.5 Å². The van der Waals surface area contributed by atoms with Crippen molar-refractivity contribution in [2.75, 3.05) is 33.3 Å². The minimum absolute atomic E-state index is 0.0788. The van der Waals surface area contributed by atoms with Gasteiger partial charge in [0, 0.05) is 60.3 Å².